The van der Waals surface area contributed by atoms with Gasteiger partial charge in [0.15, 0.2) is 23.0 Å². The van der Waals surface area contributed by atoms with Crippen LogP contribution in [-0.2, 0) is 4.79 Å². The average Bonchev–Trinajstić information content (AvgIpc) is 3.06. The van der Waals surface area contributed by atoms with Crippen molar-refractivity contribution >= 4 is 45.9 Å². The molecule has 168 valence electrons. The highest BCUT2D eigenvalue weighted by Crippen LogP contribution is 2.38. The van der Waals surface area contributed by atoms with Crippen molar-refractivity contribution in [2.24, 2.45) is 0 Å². The number of hydrogen-bond donors (Lipinski definition) is 1. The summed E-state index contributed by atoms with van der Waals surface area (Å²) >= 11 is 12.4. The molecule has 5 rings (SSSR count). The molecular weight excluding hydrogens is 453 g/mol. The summed E-state index contributed by atoms with van der Waals surface area (Å²) < 4.78 is 17.2. The van der Waals surface area contributed by atoms with Gasteiger partial charge in [-0.15, -0.1) is 0 Å². The summed E-state index contributed by atoms with van der Waals surface area (Å²) in [6, 6.07) is 8.88. The van der Waals surface area contributed by atoms with Crippen LogP contribution in [0.25, 0.3) is 11.1 Å². The Morgan fingerprint density at radius 2 is 1.84 bits per heavy atom. The molecule has 0 atom stereocenters. The van der Waals surface area contributed by atoms with Gasteiger partial charge in [-0.2, -0.15) is 0 Å². The Bertz CT molecular complexity index is 1140. The second-order valence-corrected chi connectivity index (χ2v) is 8.94. The zero-order valence-corrected chi connectivity index (χ0v) is 18.9. The van der Waals surface area contributed by atoms with Crippen molar-refractivity contribution in [1.82, 2.24) is 9.88 Å². The number of carbonyl (C=O) groups excluding carboxylic acids is 1. The van der Waals surface area contributed by atoms with Crippen LogP contribution in [0.3, 0.4) is 0 Å². The lowest BCUT2D eigenvalue weighted by Gasteiger charge is -2.29. The molecule has 1 saturated heterocycles. The zero-order chi connectivity index (χ0) is 22.1. The van der Waals surface area contributed by atoms with E-state index in [1.807, 2.05) is 12.1 Å². The number of carbonyl (C=O) groups is 1. The van der Waals surface area contributed by atoms with Crippen molar-refractivity contribution in [2.45, 2.75) is 25.2 Å². The van der Waals surface area contributed by atoms with Gasteiger partial charge in [0.1, 0.15) is 5.52 Å². The smallest absolute Gasteiger partial charge is 0.238 e. The first kappa shape index (κ1) is 21.4. The molecule has 1 fully saturated rings. The number of aromatic nitrogens is 1. The van der Waals surface area contributed by atoms with Crippen molar-refractivity contribution in [3.8, 4) is 11.5 Å². The van der Waals surface area contributed by atoms with E-state index in [0.717, 1.165) is 49.3 Å². The lowest BCUT2D eigenvalue weighted by atomic mass is 9.97. The fourth-order valence-corrected chi connectivity index (χ4v) is 4.47. The van der Waals surface area contributed by atoms with Gasteiger partial charge in [-0.3, -0.25) is 9.69 Å². The maximum absolute atomic E-state index is 12.6. The number of anilines is 1. The summed E-state index contributed by atoms with van der Waals surface area (Å²) in [5.74, 6) is 2.06. The summed E-state index contributed by atoms with van der Waals surface area (Å²) in [4.78, 5) is 19.4. The Labute approximate surface area is 195 Å². The lowest BCUT2D eigenvalue weighted by Crippen LogP contribution is -2.38. The number of hydrogen-bond acceptors (Lipinski definition) is 6. The quantitative estimate of drug-likeness (QED) is 0.564. The molecule has 0 saturated carbocycles. The van der Waals surface area contributed by atoms with Gasteiger partial charge in [-0.05, 0) is 44.1 Å². The second-order valence-electron chi connectivity index (χ2n) is 8.09. The van der Waals surface area contributed by atoms with E-state index in [0.29, 0.717) is 47.0 Å². The van der Waals surface area contributed by atoms with Gasteiger partial charge in [0.05, 0.1) is 30.5 Å². The van der Waals surface area contributed by atoms with Crippen molar-refractivity contribution in [2.75, 3.05) is 38.2 Å². The van der Waals surface area contributed by atoms with Crippen LogP contribution in [0.2, 0.25) is 10.0 Å². The number of rotatable bonds is 4. The van der Waals surface area contributed by atoms with Gasteiger partial charge < -0.3 is 19.2 Å². The van der Waals surface area contributed by atoms with Crippen LogP contribution in [0.5, 0.6) is 11.5 Å². The van der Waals surface area contributed by atoms with Gasteiger partial charge in [0.25, 0.3) is 0 Å². The van der Waals surface area contributed by atoms with Gasteiger partial charge in [0.2, 0.25) is 5.91 Å². The fourth-order valence-electron chi connectivity index (χ4n) is 4.10. The third kappa shape index (κ3) is 4.65. The maximum Gasteiger partial charge on any atom is 0.238 e. The molecule has 1 aromatic heterocycles. The van der Waals surface area contributed by atoms with E-state index >= 15 is 0 Å². The molecular formula is C23H23Cl2N3O4. The number of amides is 1. The molecule has 3 heterocycles. The van der Waals surface area contributed by atoms with E-state index in [1.165, 1.54) is 0 Å². The Kier molecular flexibility index (Phi) is 6.13. The van der Waals surface area contributed by atoms with Crippen LogP contribution >= 0.6 is 23.2 Å². The van der Waals surface area contributed by atoms with Crippen LogP contribution in [0.15, 0.2) is 34.7 Å². The van der Waals surface area contributed by atoms with E-state index in [1.54, 1.807) is 18.2 Å². The molecule has 9 heteroatoms. The van der Waals surface area contributed by atoms with Crippen molar-refractivity contribution in [3.05, 3.63) is 46.3 Å². The minimum atomic E-state index is -0.114. The highest BCUT2D eigenvalue weighted by Gasteiger charge is 2.26. The van der Waals surface area contributed by atoms with Crippen molar-refractivity contribution in [3.63, 3.8) is 0 Å². The number of nitrogens with one attached hydrogen (secondary N) is 1. The van der Waals surface area contributed by atoms with Crippen molar-refractivity contribution in [1.29, 1.82) is 0 Å². The third-order valence-corrected chi connectivity index (χ3v) is 6.33. The molecule has 2 aliphatic heterocycles. The topological polar surface area (TPSA) is 76.8 Å². The number of benzene rings is 2. The van der Waals surface area contributed by atoms with Crippen LogP contribution in [0, 0.1) is 0 Å². The SMILES string of the molecule is O=C(CN1CCC(c2nc3cc(Cl)ccc3o2)CC1)Nc1cc2c(cc1Cl)OCCCO2. The van der Waals surface area contributed by atoms with E-state index in [9.17, 15) is 4.79 Å². The largest absolute Gasteiger partial charge is 0.490 e. The van der Waals surface area contributed by atoms with E-state index in [4.69, 9.17) is 37.1 Å². The molecule has 32 heavy (non-hydrogen) atoms. The number of ether oxygens (including phenoxy) is 2. The fraction of sp³-hybridized carbons (Fsp3) is 0.391. The van der Waals surface area contributed by atoms with Gasteiger partial charge in [0, 0.05) is 29.5 Å². The minimum absolute atomic E-state index is 0.114. The zero-order valence-electron chi connectivity index (χ0n) is 17.4. The first-order chi connectivity index (χ1) is 15.5. The molecule has 2 aliphatic rings. The highest BCUT2D eigenvalue weighted by atomic mass is 35.5. The summed E-state index contributed by atoms with van der Waals surface area (Å²) in [7, 11) is 0. The van der Waals surface area contributed by atoms with Gasteiger partial charge in [-0.1, -0.05) is 23.2 Å². The first-order valence-electron chi connectivity index (χ1n) is 10.7. The number of halogens is 2. The normalized spacial score (nSPS) is 17.3. The monoisotopic (exact) mass is 475 g/mol. The molecule has 1 N–H and O–H groups in total. The molecule has 7 nitrogen and oxygen atoms in total. The summed E-state index contributed by atoms with van der Waals surface area (Å²) in [6.45, 7) is 3.02. The highest BCUT2D eigenvalue weighted by molar-refractivity contribution is 6.34. The second kappa shape index (κ2) is 9.17. The Morgan fingerprint density at radius 3 is 2.62 bits per heavy atom. The van der Waals surface area contributed by atoms with Crippen LogP contribution in [-0.4, -0.2) is 48.6 Å². The predicted molar refractivity (Wildman–Crippen MR) is 123 cm³/mol. The summed E-state index contributed by atoms with van der Waals surface area (Å²) in [6.07, 6.45) is 2.55. The predicted octanol–water partition coefficient (Wildman–Crippen LogP) is 5.11. The standard InChI is InChI=1S/C23H23Cl2N3O4/c24-15-2-3-19-18(10-15)27-23(32-19)14-4-6-28(7-5-14)13-22(29)26-17-12-21-20(11-16(17)25)30-8-1-9-31-21/h2-3,10-12,14H,1,4-9,13H2,(H,26,29). The van der Waals surface area contributed by atoms with Crippen LogP contribution in [0.1, 0.15) is 31.1 Å². The first-order valence-corrected chi connectivity index (χ1v) is 11.5. The number of fused-ring (bicyclic) bond motifs is 2. The molecule has 0 bridgehead atoms. The average molecular weight is 476 g/mol. The van der Waals surface area contributed by atoms with Crippen molar-refractivity contribution < 1.29 is 18.7 Å². The molecule has 3 aromatic rings. The maximum atomic E-state index is 12.6. The number of piperidine rings is 1. The van der Waals surface area contributed by atoms with Gasteiger partial charge in [-0.25, -0.2) is 4.98 Å². The van der Waals surface area contributed by atoms with E-state index < -0.39 is 0 Å². The molecule has 0 radical (unpaired) electrons. The molecule has 0 spiro atoms. The number of likely N-dealkylation sites (tertiary alicyclic amines) is 1. The molecule has 2 aromatic carbocycles. The molecule has 0 aliphatic carbocycles. The van der Waals surface area contributed by atoms with Crippen LogP contribution in [0.4, 0.5) is 5.69 Å². The Hall–Kier alpha value is -2.48. The van der Waals surface area contributed by atoms with Crippen LogP contribution < -0.4 is 14.8 Å². The molecule has 1 amide bonds. The lowest BCUT2D eigenvalue weighted by molar-refractivity contribution is -0.117. The third-order valence-electron chi connectivity index (χ3n) is 5.78. The van der Waals surface area contributed by atoms with E-state index in [-0.39, 0.29) is 11.8 Å². The Morgan fingerprint density at radius 1 is 1.09 bits per heavy atom. The number of nitrogens with zero attached hydrogens (tertiary/aromatic N) is 2. The Balaban J connectivity index is 1.17. The summed E-state index contributed by atoms with van der Waals surface area (Å²) in [5.41, 5.74) is 2.06. The molecule has 0 unspecified atom stereocenters. The minimum Gasteiger partial charge on any atom is -0.490 e. The summed E-state index contributed by atoms with van der Waals surface area (Å²) in [5, 5.41) is 3.98. The van der Waals surface area contributed by atoms with Gasteiger partial charge >= 0.3 is 0 Å². The number of oxazole rings is 1. The van der Waals surface area contributed by atoms with E-state index in [2.05, 4.69) is 15.2 Å².